The molecule has 5 heteroatoms. The van der Waals surface area contributed by atoms with Crippen molar-refractivity contribution < 1.29 is 4.79 Å². The summed E-state index contributed by atoms with van der Waals surface area (Å²) in [6.45, 7) is 4.30. The highest BCUT2D eigenvalue weighted by atomic mass is 32.2. The van der Waals surface area contributed by atoms with E-state index in [0.717, 1.165) is 31.9 Å². The first kappa shape index (κ1) is 12.2. The van der Waals surface area contributed by atoms with E-state index in [2.05, 4.69) is 17.3 Å². The van der Waals surface area contributed by atoms with Gasteiger partial charge in [-0.25, -0.2) is 0 Å². The molecule has 1 N–H and O–H groups in total. The highest BCUT2D eigenvalue weighted by Crippen LogP contribution is 2.16. The Morgan fingerprint density at radius 1 is 1.38 bits per heavy atom. The van der Waals surface area contributed by atoms with E-state index in [1.54, 1.807) is 0 Å². The van der Waals surface area contributed by atoms with Crippen molar-refractivity contribution in [2.75, 3.05) is 51.3 Å². The van der Waals surface area contributed by atoms with Gasteiger partial charge in [-0.05, 0) is 19.2 Å². The van der Waals surface area contributed by atoms with Gasteiger partial charge in [-0.2, -0.15) is 11.8 Å². The molecule has 0 bridgehead atoms. The van der Waals surface area contributed by atoms with Crippen molar-refractivity contribution in [3.05, 3.63) is 0 Å². The van der Waals surface area contributed by atoms with Crippen molar-refractivity contribution >= 4 is 17.7 Å². The Morgan fingerprint density at radius 3 is 2.75 bits per heavy atom. The third-order valence-corrected chi connectivity index (χ3v) is 4.49. The predicted molar refractivity (Wildman–Crippen MR) is 67.8 cm³/mol. The Morgan fingerprint density at radius 2 is 2.12 bits per heavy atom. The Labute approximate surface area is 102 Å². The lowest BCUT2D eigenvalue weighted by Crippen LogP contribution is -2.50. The second-order valence-corrected chi connectivity index (χ2v) is 5.78. The zero-order valence-electron chi connectivity index (χ0n) is 9.95. The summed E-state index contributed by atoms with van der Waals surface area (Å²) >= 11 is 1.98. The molecule has 0 aromatic heterocycles. The number of amides is 1. The van der Waals surface area contributed by atoms with E-state index < -0.39 is 0 Å². The van der Waals surface area contributed by atoms with Crippen LogP contribution >= 0.6 is 11.8 Å². The minimum atomic E-state index is 0.269. The van der Waals surface area contributed by atoms with Crippen molar-refractivity contribution in [3.8, 4) is 0 Å². The molecule has 2 fully saturated rings. The molecule has 1 amide bonds. The molecule has 2 rings (SSSR count). The van der Waals surface area contributed by atoms with Crippen LogP contribution in [-0.4, -0.2) is 73.0 Å². The molecule has 2 aliphatic heterocycles. The van der Waals surface area contributed by atoms with Crippen molar-refractivity contribution in [1.29, 1.82) is 0 Å². The molecule has 2 heterocycles. The summed E-state index contributed by atoms with van der Waals surface area (Å²) in [5.41, 5.74) is 0. The van der Waals surface area contributed by atoms with Crippen LogP contribution in [0.25, 0.3) is 0 Å². The van der Waals surface area contributed by atoms with Gasteiger partial charge in [-0.15, -0.1) is 0 Å². The predicted octanol–water partition coefficient (Wildman–Crippen LogP) is -0.144. The average Bonchev–Trinajstić information content (AvgIpc) is 2.80. The first-order valence-electron chi connectivity index (χ1n) is 6.03. The molecule has 4 nitrogen and oxygen atoms in total. The molecule has 1 atom stereocenters. The SMILES string of the molecule is CN1CCN(C(=O)CNC2CCSC2)CC1. The van der Waals surface area contributed by atoms with E-state index in [-0.39, 0.29) is 5.91 Å². The van der Waals surface area contributed by atoms with Crippen LogP contribution in [0.1, 0.15) is 6.42 Å². The molecular formula is C11H21N3OS. The standard InChI is InChI=1S/C11H21N3OS/c1-13-3-5-14(6-4-13)11(15)8-12-10-2-7-16-9-10/h10,12H,2-9H2,1H3. The molecule has 16 heavy (non-hydrogen) atoms. The minimum Gasteiger partial charge on any atom is -0.339 e. The van der Waals surface area contributed by atoms with E-state index in [9.17, 15) is 4.79 Å². The number of rotatable bonds is 3. The smallest absolute Gasteiger partial charge is 0.236 e. The summed E-state index contributed by atoms with van der Waals surface area (Å²) in [5, 5.41) is 3.36. The maximum Gasteiger partial charge on any atom is 0.236 e. The van der Waals surface area contributed by atoms with Crippen LogP contribution in [0, 0.1) is 0 Å². The van der Waals surface area contributed by atoms with Gasteiger partial charge in [0.15, 0.2) is 0 Å². The first-order chi connectivity index (χ1) is 7.75. The zero-order valence-corrected chi connectivity index (χ0v) is 10.8. The van der Waals surface area contributed by atoms with E-state index in [1.165, 1.54) is 12.2 Å². The van der Waals surface area contributed by atoms with Crippen LogP contribution in [-0.2, 0) is 4.79 Å². The molecule has 92 valence electrons. The number of carbonyl (C=O) groups excluding carboxylic acids is 1. The van der Waals surface area contributed by atoms with Crippen molar-refractivity contribution in [2.24, 2.45) is 0 Å². The number of carbonyl (C=O) groups is 1. The largest absolute Gasteiger partial charge is 0.339 e. The molecule has 0 aliphatic carbocycles. The van der Waals surface area contributed by atoms with Crippen LogP contribution in [0.3, 0.4) is 0 Å². The minimum absolute atomic E-state index is 0.269. The summed E-state index contributed by atoms with van der Waals surface area (Å²) in [6.07, 6.45) is 1.21. The number of hydrogen-bond acceptors (Lipinski definition) is 4. The molecule has 0 saturated carbocycles. The van der Waals surface area contributed by atoms with Crippen LogP contribution in [0.4, 0.5) is 0 Å². The molecule has 0 spiro atoms. The van der Waals surface area contributed by atoms with Gasteiger partial charge in [0.05, 0.1) is 6.54 Å². The van der Waals surface area contributed by atoms with Gasteiger partial charge in [0.25, 0.3) is 0 Å². The maximum atomic E-state index is 11.9. The third kappa shape index (κ3) is 3.37. The second-order valence-electron chi connectivity index (χ2n) is 4.63. The lowest BCUT2D eigenvalue weighted by atomic mass is 10.2. The monoisotopic (exact) mass is 243 g/mol. The highest BCUT2D eigenvalue weighted by Gasteiger charge is 2.21. The number of piperazine rings is 1. The molecule has 0 aromatic rings. The summed E-state index contributed by atoms with van der Waals surface area (Å²) in [7, 11) is 2.11. The van der Waals surface area contributed by atoms with E-state index in [4.69, 9.17) is 0 Å². The molecule has 2 saturated heterocycles. The summed E-state index contributed by atoms with van der Waals surface area (Å²) < 4.78 is 0. The normalized spacial score (nSPS) is 27.3. The number of thioether (sulfide) groups is 1. The Balaban J connectivity index is 1.67. The summed E-state index contributed by atoms with van der Waals surface area (Å²) in [6, 6.07) is 0.557. The van der Waals surface area contributed by atoms with Crippen LogP contribution in [0.15, 0.2) is 0 Å². The number of nitrogens with one attached hydrogen (secondary N) is 1. The second kappa shape index (κ2) is 5.89. The molecule has 0 aromatic carbocycles. The van der Waals surface area contributed by atoms with Gasteiger partial charge in [0.2, 0.25) is 5.91 Å². The fourth-order valence-electron chi connectivity index (χ4n) is 2.09. The first-order valence-corrected chi connectivity index (χ1v) is 7.18. The fraction of sp³-hybridized carbons (Fsp3) is 0.909. The molecule has 0 radical (unpaired) electrons. The van der Waals surface area contributed by atoms with Crippen molar-refractivity contribution in [2.45, 2.75) is 12.5 Å². The molecule has 2 aliphatic rings. The van der Waals surface area contributed by atoms with Gasteiger partial charge in [-0.1, -0.05) is 0 Å². The average molecular weight is 243 g/mol. The Kier molecular flexibility index (Phi) is 4.49. The highest BCUT2D eigenvalue weighted by molar-refractivity contribution is 7.99. The van der Waals surface area contributed by atoms with E-state index >= 15 is 0 Å². The van der Waals surface area contributed by atoms with Gasteiger partial charge in [-0.3, -0.25) is 4.79 Å². The number of nitrogens with zero attached hydrogens (tertiary/aromatic N) is 2. The summed E-state index contributed by atoms with van der Waals surface area (Å²) in [4.78, 5) is 16.1. The Hall–Kier alpha value is -0.260. The molecular weight excluding hydrogens is 222 g/mol. The summed E-state index contributed by atoms with van der Waals surface area (Å²) in [5.74, 6) is 2.67. The quantitative estimate of drug-likeness (QED) is 0.748. The molecule has 1 unspecified atom stereocenters. The van der Waals surface area contributed by atoms with Crippen LogP contribution in [0.2, 0.25) is 0 Å². The Bertz CT molecular complexity index is 235. The lowest BCUT2D eigenvalue weighted by molar-refractivity contribution is -0.131. The maximum absolute atomic E-state index is 11.9. The van der Waals surface area contributed by atoms with Crippen molar-refractivity contribution in [3.63, 3.8) is 0 Å². The van der Waals surface area contributed by atoms with E-state index in [0.29, 0.717) is 12.6 Å². The lowest BCUT2D eigenvalue weighted by Gasteiger charge is -2.32. The van der Waals surface area contributed by atoms with E-state index in [1.807, 2.05) is 16.7 Å². The van der Waals surface area contributed by atoms with Crippen LogP contribution < -0.4 is 5.32 Å². The number of likely N-dealkylation sites (N-methyl/N-ethyl adjacent to an activating group) is 1. The van der Waals surface area contributed by atoms with Gasteiger partial charge >= 0.3 is 0 Å². The van der Waals surface area contributed by atoms with Gasteiger partial charge in [0, 0.05) is 38.0 Å². The van der Waals surface area contributed by atoms with Crippen molar-refractivity contribution in [1.82, 2.24) is 15.1 Å². The van der Waals surface area contributed by atoms with Gasteiger partial charge in [0.1, 0.15) is 0 Å². The zero-order chi connectivity index (χ0) is 11.4. The number of hydrogen-bond donors (Lipinski definition) is 1. The van der Waals surface area contributed by atoms with Crippen LogP contribution in [0.5, 0.6) is 0 Å². The van der Waals surface area contributed by atoms with Gasteiger partial charge < -0.3 is 15.1 Å². The topological polar surface area (TPSA) is 35.6 Å². The third-order valence-electron chi connectivity index (χ3n) is 3.33. The fourth-order valence-corrected chi connectivity index (χ4v) is 3.28.